The van der Waals surface area contributed by atoms with Gasteiger partial charge < -0.3 is 19.5 Å². The monoisotopic (exact) mass is 513 g/mol. The van der Waals surface area contributed by atoms with Crippen LogP contribution in [0.25, 0.3) is 11.0 Å². The molecule has 3 aliphatic heterocycles. The molecule has 1 spiro atoms. The van der Waals surface area contributed by atoms with Gasteiger partial charge in [-0.15, -0.1) is 0 Å². The molecule has 0 bridgehead atoms. The zero-order valence-electron chi connectivity index (χ0n) is 18.8. The molecular formula is C21H19F4N5O6. The maximum absolute atomic E-state index is 15.9. The number of rotatable bonds is 2. The number of halogens is 4. The van der Waals surface area contributed by atoms with Crippen molar-refractivity contribution in [1.29, 1.82) is 0 Å². The fraction of sp³-hybridized carbons (Fsp3) is 0.476. The predicted molar refractivity (Wildman–Crippen MR) is 111 cm³/mol. The predicted octanol–water partition coefficient (Wildman–Crippen LogP) is 1.15. The van der Waals surface area contributed by atoms with E-state index in [-0.39, 0.29) is 23.2 Å². The molecule has 0 saturated carbocycles. The van der Waals surface area contributed by atoms with Crippen molar-refractivity contribution in [1.82, 2.24) is 21.1 Å². The zero-order valence-corrected chi connectivity index (χ0v) is 18.8. The lowest BCUT2D eigenvalue weighted by Gasteiger charge is -2.55. The van der Waals surface area contributed by atoms with Gasteiger partial charge in [0.25, 0.3) is 5.91 Å². The number of amides is 5. The molecule has 192 valence electrons. The van der Waals surface area contributed by atoms with E-state index in [1.54, 1.807) is 19.2 Å². The number of carbonyl (C=O) groups excluding carboxylic acids is 4. The largest absolute Gasteiger partial charge is 0.405 e. The highest BCUT2D eigenvalue weighted by molar-refractivity contribution is 6.20. The number of barbiturate groups is 1. The van der Waals surface area contributed by atoms with E-state index in [2.05, 4.69) is 15.8 Å². The van der Waals surface area contributed by atoms with Crippen LogP contribution >= 0.6 is 0 Å². The molecule has 3 N–H and O–H groups in total. The van der Waals surface area contributed by atoms with E-state index in [0.29, 0.717) is 0 Å². The van der Waals surface area contributed by atoms with Crippen LogP contribution in [0.1, 0.15) is 29.9 Å². The van der Waals surface area contributed by atoms with E-state index in [0.717, 1.165) is 0 Å². The quantitative estimate of drug-likeness (QED) is 0.401. The number of imide groups is 2. The maximum atomic E-state index is 15.9. The molecule has 2 fully saturated rings. The molecule has 11 nitrogen and oxygen atoms in total. The number of nitrogens with zero attached hydrogens (tertiary/aromatic N) is 2. The van der Waals surface area contributed by atoms with Crippen LogP contribution in [0.5, 0.6) is 0 Å². The molecule has 0 radical (unpaired) electrons. The van der Waals surface area contributed by atoms with Crippen molar-refractivity contribution >= 4 is 40.4 Å². The number of hydrogen-bond acceptors (Lipinski definition) is 8. The molecule has 1 aromatic heterocycles. The molecule has 0 unspecified atom stereocenters. The summed E-state index contributed by atoms with van der Waals surface area (Å²) in [5, 5.41) is 9.05. The number of alkyl halides is 3. The number of urea groups is 1. The summed E-state index contributed by atoms with van der Waals surface area (Å²) in [4.78, 5) is 52.0. The van der Waals surface area contributed by atoms with Crippen LogP contribution in [0.4, 0.5) is 28.0 Å². The number of fused-ring (bicyclic) bond motifs is 5. The van der Waals surface area contributed by atoms with Gasteiger partial charge in [0.1, 0.15) is 6.54 Å². The van der Waals surface area contributed by atoms with Crippen LogP contribution in [0.3, 0.4) is 0 Å². The normalized spacial score (nSPS) is 25.3. The van der Waals surface area contributed by atoms with E-state index < -0.39 is 83.7 Å². The van der Waals surface area contributed by atoms with Crippen molar-refractivity contribution in [2.45, 2.75) is 44.7 Å². The van der Waals surface area contributed by atoms with Crippen LogP contribution in [0.15, 0.2) is 10.6 Å². The highest BCUT2D eigenvalue weighted by Crippen LogP contribution is 2.49. The summed E-state index contributed by atoms with van der Waals surface area (Å²) in [6.07, 6.45) is -6.27. The third-order valence-corrected chi connectivity index (χ3v) is 6.63. The molecule has 5 rings (SSSR count). The lowest BCUT2D eigenvalue weighted by atomic mass is 9.66. The van der Waals surface area contributed by atoms with Crippen molar-refractivity contribution in [3.05, 3.63) is 23.1 Å². The van der Waals surface area contributed by atoms with Gasteiger partial charge in [0.2, 0.25) is 17.4 Å². The molecule has 4 heterocycles. The van der Waals surface area contributed by atoms with Gasteiger partial charge in [-0.25, -0.2) is 9.18 Å². The van der Waals surface area contributed by atoms with E-state index >= 15 is 4.39 Å². The molecule has 2 saturated heterocycles. The highest BCUT2D eigenvalue weighted by Gasteiger charge is 2.63. The number of ether oxygens (including phenoxy) is 1. The number of carbonyl (C=O) groups is 4. The van der Waals surface area contributed by atoms with Crippen molar-refractivity contribution in [3.8, 4) is 0 Å². The number of anilines is 1. The van der Waals surface area contributed by atoms with Gasteiger partial charge in [0.15, 0.2) is 16.9 Å². The topological polar surface area (TPSA) is 143 Å². The molecule has 0 aliphatic carbocycles. The molecule has 2 aromatic rings. The van der Waals surface area contributed by atoms with E-state index in [9.17, 15) is 32.3 Å². The van der Waals surface area contributed by atoms with Crippen LogP contribution in [0, 0.1) is 11.2 Å². The van der Waals surface area contributed by atoms with Crippen LogP contribution in [-0.4, -0.2) is 66.4 Å². The molecule has 3 atom stereocenters. The smallest absolute Gasteiger partial charge is 0.372 e. The SMILES string of the molecule is C[C@@H]1CN2c3c(cc4c(C(=O)NCC(F)(F)F)noc4c3F)CC3(C(=O)NC(=O)NC3=O)[C@H]2[C@H](C)O1. The Morgan fingerprint density at radius 2 is 1.92 bits per heavy atom. The Bertz CT molecular complexity index is 1300. The zero-order chi connectivity index (χ0) is 26.2. The van der Waals surface area contributed by atoms with E-state index in [1.807, 2.05) is 0 Å². The highest BCUT2D eigenvalue weighted by atomic mass is 19.4. The Hall–Kier alpha value is -3.75. The Morgan fingerprint density at radius 3 is 2.56 bits per heavy atom. The number of morpholine rings is 1. The van der Waals surface area contributed by atoms with Gasteiger partial charge in [0, 0.05) is 13.0 Å². The van der Waals surface area contributed by atoms with Crippen LogP contribution < -0.4 is 20.9 Å². The van der Waals surface area contributed by atoms with Crippen molar-refractivity contribution < 1.29 is 46.0 Å². The second kappa shape index (κ2) is 7.88. The lowest BCUT2D eigenvalue weighted by molar-refractivity contribution is -0.153. The Kier molecular flexibility index (Phi) is 5.24. The van der Waals surface area contributed by atoms with Crippen molar-refractivity contribution in [3.63, 3.8) is 0 Å². The fourth-order valence-corrected chi connectivity index (χ4v) is 5.38. The third kappa shape index (κ3) is 3.48. The fourth-order valence-electron chi connectivity index (χ4n) is 5.38. The molecule has 36 heavy (non-hydrogen) atoms. The maximum Gasteiger partial charge on any atom is 0.405 e. The first-order chi connectivity index (χ1) is 16.8. The summed E-state index contributed by atoms with van der Waals surface area (Å²) >= 11 is 0. The Morgan fingerprint density at radius 1 is 1.25 bits per heavy atom. The summed E-state index contributed by atoms with van der Waals surface area (Å²) in [6, 6.07) is -0.763. The second-order valence-electron chi connectivity index (χ2n) is 9.04. The van der Waals surface area contributed by atoms with E-state index in [4.69, 9.17) is 9.26 Å². The first-order valence-electron chi connectivity index (χ1n) is 10.9. The van der Waals surface area contributed by atoms with Gasteiger partial charge >= 0.3 is 12.2 Å². The Labute approximate surface area is 199 Å². The molecular weight excluding hydrogens is 494 g/mol. The second-order valence-corrected chi connectivity index (χ2v) is 9.04. The first-order valence-corrected chi connectivity index (χ1v) is 10.9. The summed E-state index contributed by atoms with van der Waals surface area (Å²) < 4.78 is 64.4. The number of nitrogens with one attached hydrogen (secondary N) is 3. The average Bonchev–Trinajstić information content (AvgIpc) is 3.19. The van der Waals surface area contributed by atoms with Gasteiger partial charge in [-0.2, -0.15) is 13.2 Å². The van der Waals surface area contributed by atoms with Crippen molar-refractivity contribution in [2.24, 2.45) is 5.41 Å². The summed E-state index contributed by atoms with van der Waals surface area (Å²) in [7, 11) is 0. The van der Waals surface area contributed by atoms with Gasteiger partial charge in [-0.3, -0.25) is 25.0 Å². The minimum absolute atomic E-state index is 0.0176. The van der Waals surface area contributed by atoms with Crippen LogP contribution in [-0.2, 0) is 20.7 Å². The Balaban J connectivity index is 1.67. The summed E-state index contributed by atoms with van der Waals surface area (Å²) in [5.41, 5.74) is -2.89. The van der Waals surface area contributed by atoms with Gasteiger partial charge in [0.05, 0.1) is 29.3 Å². The average molecular weight is 513 g/mol. The minimum Gasteiger partial charge on any atom is -0.372 e. The first kappa shape index (κ1) is 24.0. The van der Waals surface area contributed by atoms with Crippen LogP contribution in [0.2, 0.25) is 0 Å². The molecule has 3 aliphatic rings. The van der Waals surface area contributed by atoms with Crippen molar-refractivity contribution in [2.75, 3.05) is 18.0 Å². The van der Waals surface area contributed by atoms with Gasteiger partial charge in [-0.05, 0) is 25.5 Å². The summed E-state index contributed by atoms with van der Waals surface area (Å²) in [6.45, 7) is 1.75. The summed E-state index contributed by atoms with van der Waals surface area (Å²) in [5.74, 6) is -4.02. The minimum atomic E-state index is -4.69. The molecule has 5 amide bonds. The third-order valence-electron chi connectivity index (χ3n) is 6.63. The standard InChI is InChI=1S/C21H19F4N5O6/c1-7-5-30-13-9(4-20(15(30)8(2)35-7)17(32)27-19(34)28-18(20)33)3-10-12(29-36-14(10)11(13)22)16(31)26-6-21(23,24)25/h3,7-8,15H,4-6H2,1-2H3,(H,26,31)(H2,27,28,32,33,34)/t7-,8+,15-/m1/s1. The molecule has 15 heteroatoms. The lowest BCUT2D eigenvalue weighted by Crippen LogP contribution is -2.75. The molecule has 1 aromatic carbocycles. The number of benzene rings is 1. The van der Waals surface area contributed by atoms with Gasteiger partial charge in [-0.1, -0.05) is 5.16 Å². The van der Waals surface area contributed by atoms with E-state index in [1.165, 1.54) is 11.0 Å². The number of hydrogen-bond donors (Lipinski definition) is 3. The number of aromatic nitrogens is 1.